The maximum Gasteiger partial charge on any atom is 0.326 e. The van der Waals surface area contributed by atoms with Crippen molar-refractivity contribution < 1.29 is 39.3 Å². The molecule has 0 aliphatic heterocycles. The van der Waals surface area contributed by atoms with Gasteiger partial charge in [0.15, 0.2) is 0 Å². The van der Waals surface area contributed by atoms with Crippen LogP contribution in [-0.4, -0.2) is 81.7 Å². The number of aliphatic hydroxyl groups is 1. The Morgan fingerprint density at radius 2 is 1.51 bits per heavy atom. The number of aromatic hydroxyl groups is 1. The van der Waals surface area contributed by atoms with E-state index in [-0.39, 0.29) is 18.6 Å². The summed E-state index contributed by atoms with van der Waals surface area (Å²) in [5, 5.41) is 36.1. The highest BCUT2D eigenvalue weighted by Crippen LogP contribution is 2.12. The molecule has 1 rings (SSSR count). The molecule has 5 atom stereocenters. The number of carboxylic acids is 1. The molecule has 37 heavy (non-hydrogen) atoms. The van der Waals surface area contributed by atoms with Crippen molar-refractivity contribution in [1.82, 2.24) is 16.0 Å². The van der Waals surface area contributed by atoms with E-state index in [9.17, 15) is 39.3 Å². The summed E-state index contributed by atoms with van der Waals surface area (Å²) in [6.07, 6.45) is -0.903. The zero-order valence-electron chi connectivity index (χ0n) is 20.6. The highest BCUT2D eigenvalue weighted by atomic mass is 16.4. The van der Waals surface area contributed by atoms with E-state index in [0.717, 1.165) is 0 Å². The summed E-state index contributed by atoms with van der Waals surface area (Å²) in [5.41, 5.74) is 16.6. The molecule has 12 N–H and O–H groups in total. The van der Waals surface area contributed by atoms with Gasteiger partial charge in [0.1, 0.15) is 23.9 Å². The number of rotatable bonds is 16. The van der Waals surface area contributed by atoms with Crippen LogP contribution >= 0.6 is 0 Å². The van der Waals surface area contributed by atoms with Crippen molar-refractivity contribution in [3.8, 4) is 5.75 Å². The van der Waals surface area contributed by atoms with Gasteiger partial charge in [0.25, 0.3) is 0 Å². The average Bonchev–Trinajstić information content (AvgIpc) is 2.81. The molecular formula is C23H36N6O8. The lowest BCUT2D eigenvalue weighted by Crippen LogP contribution is -2.60. The minimum absolute atomic E-state index is 0.0242. The molecule has 0 fully saturated rings. The Morgan fingerprint density at radius 1 is 0.919 bits per heavy atom. The number of carbonyl (C=O) groups excluding carboxylic acids is 4. The SMILES string of the molecule is CC(O)C(NC(=O)C(N)CC(N)=O)C(=O)NC(Cc1ccc(O)cc1)C(=O)NC(CCCCN)C(=O)O. The number of carboxylic acid groups (broad SMARTS) is 1. The third-order valence-corrected chi connectivity index (χ3v) is 5.39. The molecule has 4 amide bonds. The van der Waals surface area contributed by atoms with Crippen LogP contribution in [0.3, 0.4) is 0 Å². The van der Waals surface area contributed by atoms with Crippen LogP contribution in [0.15, 0.2) is 24.3 Å². The molecule has 206 valence electrons. The van der Waals surface area contributed by atoms with Crippen LogP contribution in [0.5, 0.6) is 5.75 Å². The van der Waals surface area contributed by atoms with E-state index < -0.39 is 66.3 Å². The standard InChI is InChI=1S/C23H36N6O8/c1-12(30)19(29-20(33)15(25)11-18(26)32)22(35)28-17(10-13-5-7-14(31)8-6-13)21(34)27-16(23(36)37)4-2-3-9-24/h5-8,12,15-17,19,30-31H,2-4,9-11,24-25H2,1H3,(H2,26,32)(H,27,34)(H,28,35)(H,29,33)(H,36,37). The van der Waals surface area contributed by atoms with E-state index in [1.165, 1.54) is 31.2 Å². The molecule has 0 spiro atoms. The van der Waals surface area contributed by atoms with Crippen LogP contribution < -0.4 is 33.2 Å². The van der Waals surface area contributed by atoms with Crippen molar-refractivity contribution in [1.29, 1.82) is 0 Å². The number of amides is 4. The van der Waals surface area contributed by atoms with E-state index in [4.69, 9.17) is 17.2 Å². The second-order valence-corrected chi connectivity index (χ2v) is 8.62. The van der Waals surface area contributed by atoms with Gasteiger partial charge in [-0.25, -0.2) is 4.79 Å². The topological polar surface area (TPSA) is 260 Å². The molecule has 14 heteroatoms. The lowest BCUT2D eigenvalue weighted by Gasteiger charge is -2.26. The normalized spacial score (nSPS) is 14.9. The minimum Gasteiger partial charge on any atom is -0.508 e. The van der Waals surface area contributed by atoms with Crippen molar-refractivity contribution in [3.63, 3.8) is 0 Å². The number of phenols is 1. The second kappa shape index (κ2) is 15.4. The molecule has 0 bridgehead atoms. The number of nitrogens with one attached hydrogen (secondary N) is 3. The summed E-state index contributed by atoms with van der Waals surface area (Å²) in [6.45, 7) is 1.58. The lowest BCUT2D eigenvalue weighted by atomic mass is 10.0. The Labute approximate surface area is 213 Å². The number of nitrogens with two attached hydrogens (primary N) is 3. The van der Waals surface area contributed by atoms with Gasteiger partial charge in [-0.15, -0.1) is 0 Å². The van der Waals surface area contributed by atoms with Gasteiger partial charge in [0.2, 0.25) is 23.6 Å². The predicted molar refractivity (Wildman–Crippen MR) is 132 cm³/mol. The van der Waals surface area contributed by atoms with Gasteiger partial charge in [-0.1, -0.05) is 12.1 Å². The molecular weight excluding hydrogens is 488 g/mol. The molecule has 14 nitrogen and oxygen atoms in total. The first-order chi connectivity index (χ1) is 17.3. The maximum atomic E-state index is 13.1. The summed E-state index contributed by atoms with van der Waals surface area (Å²) >= 11 is 0. The fourth-order valence-electron chi connectivity index (χ4n) is 3.34. The van der Waals surface area contributed by atoms with Crippen LogP contribution in [-0.2, 0) is 30.4 Å². The fourth-order valence-corrected chi connectivity index (χ4v) is 3.34. The number of carbonyl (C=O) groups is 5. The van der Waals surface area contributed by atoms with Crippen LogP contribution in [0.25, 0.3) is 0 Å². The lowest BCUT2D eigenvalue weighted by molar-refractivity contribution is -0.142. The Kier molecular flexibility index (Phi) is 13.0. The Morgan fingerprint density at radius 3 is 2.03 bits per heavy atom. The molecule has 0 saturated carbocycles. The van der Waals surface area contributed by atoms with Crippen molar-refractivity contribution in [3.05, 3.63) is 29.8 Å². The maximum absolute atomic E-state index is 13.1. The quantitative estimate of drug-likeness (QED) is 0.100. The number of phenolic OH excluding ortho intramolecular Hbond substituents is 1. The molecule has 5 unspecified atom stereocenters. The van der Waals surface area contributed by atoms with E-state index in [1.807, 2.05) is 0 Å². The summed E-state index contributed by atoms with van der Waals surface area (Å²) in [7, 11) is 0. The second-order valence-electron chi connectivity index (χ2n) is 8.62. The number of primary amides is 1. The highest BCUT2D eigenvalue weighted by molar-refractivity contribution is 5.95. The number of hydrogen-bond donors (Lipinski definition) is 9. The van der Waals surface area contributed by atoms with Crippen LogP contribution in [0, 0.1) is 0 Å². The van der Waals surface area contributed by atoms with E-state index >= 15 is 0 Å². The molecule has 0 saturated heterocycles. The average molecular weight is 525 g/mol. The Balaban J connectivity index is 3.10. The van der Waals surface area contributed by atoms with Gasteiger partial charge in [0, 0.05) is 6.42 Å². The van der Waals surface area contributed by atoms with Gasteiger partial charge in [-0.05, 0) is 50.4 Å². The predicted octanol–water partition coefficient (Wildman–Crippen LogP) is -2.81. The monoisotopic (exact) mass is 524 g/mol. The van der Waals surface area contributed by atoms with E-state index in [1.54, 1.807) is 0 Å². The molecule has 0 aliphatic carbocycles. The molecule has 0 heterocycles. The van der Waals surface area contributed by atoms with Crippen molar-refractivity contribution in [2.75, 3.05) is 6.54 Å². The van der Waals surface area contributed by atoms with Crippen LogP contribution in [0.1, 0.15) is 38.2 Å². The summed E-state index contributed by atoms with van der Waals surface area (Å²) in [5.74, 6) is -4.83. The smallest absolute Gasteiger partial charge is 0.326 e. The number of aliphatic hydroxyl groups excluding tert-OH is 1. The minimum atomic E-state index is -1.55. The number of hydrogen-bond acceptors (Lipinski definition) is 9. The molecule has 0 radical (unpaired) electrons. The molecule has 1 aromatic carbocycles. The van der Waals surface area contributed by atoms with Crippen LogP contribution in [0.2, 0.25) is 0 Å². The van der Waals surface area contributed by atoms with Crippen LogP contribution in [0.4, 0.5) is 0 Å². The van der Waals surface area contributed by atoms with Gasteiger partial charge in [-0.2, -0.15) is 0 Å². The Bertz CT molecular complexity index is 940. The zero-order chi connectivity index (χ0) is 28.1. The summed E-state index contributed by atoms with van der Waals surface area (Å²) in [6, 6.07) is 0.288. The Hall–Kier alpha value is -3.75. The highest BCUT2D eigenvalue weighted by Gasteiger charge is 2.32. The van der Waals surface area contributed by atoms with E-state index in [2.05, 4.69) is 16.0 Å². The molecule has 0 aromatic heterocycles. The number of unbranched alkanes of at least 4 members (excludes halogenated alkanes) is 1. The first kappa shape index (κ1) is 31.3. The fraction of sp³-hybridized carbons (Fsp3) is 0.522. The summed E-state index contributed by atoms with van der Waals surface area (Å²) < 4.78 is 0. The van der Waals surface area contributed by atoms with Crippen molar-refractivity contribution in [2.45, 2.75) is 69.3 Å². The first-order valence-electron chi connectivity index (χ1n) is 11.7. The van der Waals surface area contributed by atoms with Gasteiger partial charge < -0.3 is 48.5 Å². The van der Waals surface area contributed by atoms with Gasteiger partial charge >= 0.3 is 5.97 Å². The first-order valence-corrected chi connectivity index (χ1v) is 11.7. The third-order valence-electron chi connectivity index (χ3n) is 5.39. The van der Waals surface area contributed by atoms with E-state index in [0.29, 0.717) is 24.9 Å². The van der Waals surface area contributed by atoms with Gasteiger partial charge in [0.05, 0.1) is 18.6 Å². The van der Waals surface area contributed by atoms with Crippen molar-refractivity contribution in [2.24, 2.45) is 17.2 Å². The summed E-state index contributed by atoms with van der Waals surface area (Å²) in [4.78, 5) is 61.0. The number of aliphatic carboxylic acids is 1. The number of benzene rings is 1. The molecule has 1 aromatic rings. The van der Waals surface area contributed by atoms with Gasteiger partial charge in [-0.3, -0.25) is 19.2 Å². The van der Waals surface area contributed by atoms with Crippen molar-refractivity contribution >= 4 is 29.6 Å². The zero-order valence-corrected chi connectivity index (χ0v) is 20.6. The largest absolute Gasteiger partial charge is 0.508 e. The molecule has 0 aliphatic rings. The third kappa shape index (κ3) is 11.2.